The van der Waals surface area contributed by atoms with Crippen molar-refractivity contribution < 1.29 is 13.2 Å². The van der Waals surface area contributed by atoms with E-state index in [1.54, 1.807) is 0 Å². The van der Waals surface area contributed by atoms with Gasteiger partial charge in [0.05, 0.1) is 11.5 Å². The molecule has 0 unspecified atom stereocenters. The summed E-state index contributed by atoms with van der Waals surface area (Å²) in [4.78, 5) is 22.1. The van der Waals surface area contributed by atoms with Crippen molar-refractivity contribution in [3.63, 3.8) is 0 Å². The quantitative estimate of drug-likeness (QED) is 0.617. The molecule has 3 heterocycles. The van der Waals surface area contributed by atoms with E-state index in [9.17, 15) is 13.2 Å². The molecule has 1 aromatic carbocycles. The van der Waals surface area contributed by atoms with Crippen LogP contribution in [0.15, 0.2) is 42.6 Å². The number of rotatable bonds is 6. The van der Waals surface area contributed by atoms with Crippen LogP contribution >= 0.6 is 0 Å². The molecule has 7 nitrogen and oxygen atoms in total. The van der Waals surface area contributed by atoms with Crippen molar-refractivity contribution in [2.75, 3.05) is 36.5 Å². The van der Waals surface area contributed by atoms with E-state index >= 15 is 0 Å². The predicted molar refractivity (Wildman–Crippen MR) is 122 cm³/mol. The Morgan fingerprint density at radius 2 is 1.87 bits per heavy atom. The van der Waals surface area contributed by atoms with Gasteiger partial charge in [-0.2, -0.15) is 0 Å². The number of carbonyl (C=O) groups excluding carboxylic acids is 1. The number of aromatic nitrogens is 2. The van der Waals surface area contributed by atoms with Crippen molar-refractivity contribution in [1.29, 1.82) is 0 Å². The number of hydrogen-bond acceptors (Lipinski definition) is 5. The summed E-state index contributed by atoms with van der Waals surface area (Å²) >= 11 is 0. The smallest absolute Gasteiger partial charge is 0.228 e. The van der Waals surface area contributed by atoms with Crippen molar-refractivity contribution in [3.8, 4) is 11.1 Å². The van der Waals surface area contributed by atoms with Gasteiger partial charge in [0.1, 0.15) is 11.5 Å². The Morgan fingerprint density at radius 1 is 1.13 bits per heavy atom. The molecule has 2 aromatic heterocycles. The van der Waals surface area contributed by atoms with Crippen LogP contribution in [-0.2, 0) is 21.1 Å². The minimum Gasteiger partial charge on any atom is -0.346 e. The first-order valence-corrected chi connectivity index (χ1v) is 12.6. The molecule has 31 heavy (non-hydrogen) atoms. The molecular formula is C23H26N4O3S. The van der Waals surface area contributed by atoms with Gasteiger partial charge < -0.3 is 15.2 Å². The van der Waals surface area contributed by atoms with Gasteiger partial charge in [0.2, 0.25) is 5.91 Å². The monoisotopic (exact) mass is 438 g/mol. The highest BCUT2D eigenvalue weighted by Crippen LogP contribution is 2.33. The Morgan fingerprint density at radius 3 is 2.58 bits per heavy atom. The predicted octanol–water partition coefficient (Wildman–Crippen LogP) is 2.85. The van der Waals surface area contributed by atoms with Crippen LogP contribution in [0.1, 0.15) is 18.4 Å². The molecule has 0 bridgehead atoms. The van der Waals surface area contributed by atoms with Crippen LogP contribution in [0.5, 0.6) is 0 Å². The minimum absolute atomic E-state index is 0.0465. The molecule has 2 N–H and O–H groups in total. The summed E-state index contributed by atoms with van der Waals surface area (Å²) in [5, 5.41) is 3.97. The average molecular weight is 439 g/mol. The van der Waals surface area contributed by atoms with Crippen LogP contribution in [0.4, 0.5) is 5.82 Å². The molecule has 5 rings (SSSR count). The largest absolute Gasteiger partial charge is 0.346 e. The van der Waals surface area contributed by atoms with E-state index in [1.807, 2.05) is 18.3 Å². The lowest BCUT2D eigenvalue weighted by Gasteiger charge is -2.26. The van der Waals surface area contributed by atoms with Crippen molar-refractivity contribution >= 4 is 32.6 Å². The zero-order valence-corrected chi connectivity index (χ0v) is 18.1. The second-order valence-electron chi connectivity index (χ2n) is 8.50. The highest BCUT2D eigenvalue weighted by molar-refractivity contribution is 7.91. The highest BCUT2D eigenvalue weighted by Gasteiger charge is 2.30. The second kappa shape index (κ2) is 8.09. The number of anilines is 1. The van der Waals surface area contributed by atoms with Crippen molar-refractivity contribution in [2.24, 2.45) is 5.92 Å². The molecule has 0 radical (unpaired) electrons. The number of benzene rings is 1. The molecule has 162 valence electrons. The highest BCUT2D eigenvalue weighted by atomic mass is 32.2. The molecule has 0 atom stereocenters. The molecule has 1 aliphatic heterocycles. The molecule has 2 aliphatic rings. The van der Waals surface area contributed by atoms with Gasteiger partial charge in [0, 0.05) is 37.1 Å². The molecule has 8 heteroatoms. The Balaban J connectivity index is 1.31. The van der Waals surface area contributed by atoms with E-state index < -0.39 is 9.84 Å². The van der Waals surface area contributed by atoms with Gasteiger partial charge in [-0.15, -0.1) is 0 Å². The third-order valence-electron chi connectivity index (χ3n) is 6.15. The summed E-state index contributed by atoms with van der Waals surface area (Å²) < 4.78 is 23.2. The van der Waals surface area contributed by atoms with E-state index in [0.29, 0.717) is 18.9 Å². The maximum Gasteiger partial charge on any atom is 0.228 e. The number of fused-ring (bicyclic) bond motifs is 1. The summed E-state index contributed by atoms with van der Waals surface area (Å²) in [5.74, 6) is 1.28. The first-order valence-electron chi connectivity index (χ1n) is 10.8. The van der Waals surface area contributed by atoms with Crippen LogP contribution in [0.25, 0.3) is 22.2 Å². The van der Waals surface area contributed by atoms with Crippen LogP contribution in [0.2, 0.25) is 0 Å². The average Bonchev–Trinajstić information content (AvgIpc) is 3.51. The fourth-order valence-corrected chi connectivity index (χ4v) is 5.30. The Hall–Kier alpha value is -2.71. The van der Waals surface area contributed by atoms with Gasteiger partial charge in [0.15, 0.2) is 9.84 Å². The van der Waals surface area contributed by atoms with Crippen molar-refractivity contribution in [3.05, 3.63) is 48.2 Å². The molecule has 1 saturated carbocycles. The van der Waals surface area contributed by atoms with Crippen molar-refractivity contribution in [1.82, 2.24) is 14.9 Å². The van der Waals surface area contributed by atoms with E-state index in [0.717, 1.165) is 48.0 Å². The number of hydrogen-bond donors (Lipinski definition) is 2. The number of sulfone groups is 1. The SMILES string of the molecule is O=C(Nc1cc(-c2ccc(CCN3CCS(=O)(=O)CC3)cc2)c2cc[nH]c2n1)C1CC1. The van der Waals surface area contributed by atoms with Gasteiger partial charge in [0.25, 0.3) is 0 Å². The first-order chi connectivity index (χ1) is 15.0. The standard InChI is InChI=1S/C23H26N4O3S/c28-23(18-5-6-18)26-21-15-20(19-7-9-24-22(19)25-21)17-3-1-16(2-4-17)8-10-27-11-13-31(29,30)14-12-27/h1-4,7,9,15,18H,5-6,8,10-14H2,(H2,24,25,26,28). The van der Waals surface area contributed by atoms with Crippen LogP contribution < -0.4 is 5.32 Å². The van der Waals surface area contributed by atoms with Crippen LogP contribution in [0, 0.1) is 5.92 Å². The normalized spacial score (nSPS) is 18.8. The Bertz CT molecular complexity index is 1200. The summed E-state index contributed by atoms with van der Waals surface area (Å²) in [5.41, 5.74) is 4.08. The Kier molecular flexibility index (Phi) is 5.27. The lowest BCUT2D eigenvalue weighted by Crippen LogP contribution is -2.41. The number of aromatic amines is 1. The Labute approximate surface area is 181 Å². The zero-order chi connectivity index (χ0) is 21.4. The third-order valence-corrected chi connectivity index (χ3v) is 7.76. The fourth-order valence-electron chi connectivity index (χ4n) is 4.03. The van der Waals surface area contributed by atoms with Crippen LogP contribution in [-0.4, -0.2) is 60.3 Å². The van der Waals surface area contributed by atoms with Crippen LogP contribution in [0.3, 0.4) is 0 Å². The van der Waals surface area contributed by atoms with Gasteiger partial charge in [-0.25, -0.2) is 13.4 Å². The van der Waals surface area contributed by atoms with Gasteiger partial charge >= 0.3 is 0 Å². The van der Waals surface area contributed by atoms with Gasteiger partial charge in [-0.05, 0) is 48.1 Å². The number of pyridine rings is 1. The van der Waals surface area contributed by atoms with E-state index in [4.69, 9.17) is 0 Å². The summed E-state index contributed by atoms with van der Waals surface area (Å²) in [7, 11) is -2.84. The molecule has 3 aromatic rings. The maximum atomic E-state index is 12.2. The molecule has 1 aliphatic carbocycles. The molecule has 1 saturated heterocycles. The number of carbonyl (C=O) groups is 1. The molecule has 1 amide bonds. The van der Waals surface area contributed by atoms with E-state index in [-0.39, 0.29) is 23.3 Å². The molecule has 0 spiro atoms. The summed E-state index contributed by atoms with van der Waals surface area (Å²) in [6.45, 7) is 2.11. The van der Waals surface area contributed by atoms with Gasteiger partial charge in [-0.1, -0.05) is 24.3 Å². The first kappa shape index (κ1) is 20.2. The third kappa shape index (κ3) is 4.65. The second-order valence-corrected chi connectivity index (χ2v) is 10.8. The van der Waals surface area contributed by atoms with Gasteiger partial charge in [-0.3, -0.25) is 4.79 Å². The lowest BCUT2D eigenvalue weighted by atomic mass is 10.0. The molecule has 2 fully saturated rings. The minimum atomic E-state index is -2.84. The summed E-state index contributed by atoms with van der Waals surface area (Å²) in [6, 6.07) is 12.4. The van der Waals surface area contributed by atoms with E-state index in [1.165, 1.54) is 5.56 Å². The number of amides is 1. The maximum absolute atomic E-state index is 12.2. The topological polar surface area (TPSA) is 95.2 Å². The number of nitrogens with zero attached hydrogens (tertiary/aromatic N) is 2. The van der Waals surface area contributed by atoms with Crippen molar-refractivity contribution in [2.45, 2.75) is 19.3 Å². The summed E-state index contributed by atoms with van der Waals surface area (Å²) in [6.07, 6.45) is 4.66. The number of H-pyrrole nitrogens is 1. The fraction of sp³-hybridized carbons (Fsp3) is 0.391. The lowest BCUT2D eigenvalue weighted by molar-refractivity contribution is -0.117. The number of nitrogens with one attached hydrogen (secondary N) is 2. The zero-order valence-electron chi connectivity index (χ0n) is 17.3. The van der Waals surface area contributed by atoms with E-state index in [2.05, 4.69) is 44.5 Å². The molecular weight excluding hydrogens is 412 g/mol.